The number of hydrogen-bond acceptors (Lipinski definition) is 6. The predicted molar refractivity (Wildman–Crippen MR) is 172 cm³/mol. The Morgan fingerprint density at radius 2 is 0.953 bits per heavy atom. The molecule has 4 saturated heterocycles. The summed E-state index contributed by atoms with van der Waals surface area (Å²) in [5, 5.41) is 0. The van der Waals surface area contributed by atoms with Crippen molar-refractivity contribution in [2.75, 3.05) is 0 Å². The molecule has 0 spiro atoms. The Morgan fingerprint density at radius 3 is 1.37 bits per heavy atom. The van der Waals surface area contributed by atoms with E-state index in [9.17, 15) is 0 Å². The fourth-order valence-corrected chi connectivity index (χ4v) is 23.8. The van der Waals surface area contributed by atoms with Gasteiger partial charge in [-0.2, -0.15) is 0 Å². The third-order valence-electron chi connectivity index (χ3n) is 14.6. The SMILES string of the molecule is CC1CCC2CCCC3[O][Ga]([O]C4CCC(C(C)(C)C5CCC([O][Ga]6[O]C7CCCC8CCC(C)[N]6C87)CC5)CC4)[N]1C23. The summed E-state index contributed by atoms with van der Waals surface area (Å²) in [4.78, 5) is 0. The molecule has 8 fully saturated rings. The van der Waals surface area contributed by atoms with Crippen LogP contribution in [-0.2, 0) is 14.1 Å². The molecule has 6 nitrogen and oxygen atoms in total. The van der Waals surface area contributed by atoms with E-state index in [2.05, 4.69) is 34.9 Å². The van der Waals surface area contributed by atoms with Gasteiger partial charge >= 0.3 is 277 Å². The van der Waals surface area contributed by atoms with Crippen LogP contribution in [0.15, 0.2) is 0 Å². The molecule has 240 valence electrons. The van der Waals surface area contributed by atoms with Gasteiger partial charge in [-0.25, -0.2) is 0 Å². The van der Waals surface area contributed by atoms with Gasteiger partial charge in [-0.05, 0) is 0 Å². The molecular weight excluding hydrogens is 652 g/mol. The second-order valence-electron chi connectivity index (χ2n) is 17.1. The molecule has 8 heteroatoms. The van der Waals surface area contributed by atoms with Crippen LogP contribution in [0.2, 0.25) is 0 Å². The Hall–Kier alpha value is 1.03. The van der Waals surface area contributed by atoms with Crippen molar-refractivity contribution in [2.45, 2.75) is 192 Å². The summed E-state index contributed by atoms with van der Waals surface area (Å²) in [5.41, 5.74) is 0.416. The Balaban J connectivity index is 0.820. The molecule has 8 rings (SSSR count). The van der Waals surface area contributed by atoms with Crippen molar-refractivity contribution < 1.29 is 14.1 Å². The molecule has 4 heterocycles. The zero-order valence-electron chi connectivity index (χ0n) is 27.8. The van der Waals surface area contributed by atoms with E-state index in [1.165, 1.54) is 116 Å². The quantitative estimate of drug-likeness (QED) is 0.271. The van der Waals surface area contributed by atoms with Gasteiger partial charge in [0.05, 0.1) is 0 Å². The standard InChI is InChI=1S/C15H26O2.2C10H17NO.2Ga/c1-15(2,11-3-7-13(16)8-4-11)12-5-9-14(17)10-6-12;2*1-7-5-6-8-3-2-4-9(12)10(8)11-7;;/h11-14H,3-10H2,1-2H3;2*7-10H,2-6H2,1H3;;/q3*-2;2*+3. The molecule has 8 aliphatic rings. The Morgan fingerprint density at radius 1 is 0.535 bits per heavy atom. The van der Waals surface area contributed by atoms with Crippen LogP contribution in [0.4, 0.5) is 0 Å². The molecule has 0 aromatic rings. The van der Waals surface area contributed by atoms with Crippen molar-refractivity contribution in [1.29, 1.82) is 0 Å². The number of piperidine rings is 2. The molecule has 0 aromatic carbocycles. The Labute approximate surface area is 275 Å². The van der Waals surface area contributed by atoms with Gasteiger partial charge < -0.3 is 0 Å². The fraction of sp³-hybridized carbons (Fsp3) is 1.00. The number of nitrogens with zero attached hydrogens (tertiary/aromatic N) is 2. The molecule has 4 saturated carbocycles. The van der Waals surface area contributed by atoms with Gasteiger partial charge in [0.2, 0.25) is 0 Å². The van der Waals surface area contributed by atoms with E-state index in [0.717, 1.165) is 23.7 Å². The molecule has 4 aliphatic carbocycles. The molecule has 8 unspecified atom stereocenters. The summed E-state index contributed by atoms with van der Waals surface area (Å²) >= 11 is -4.65. The van der Waals surface area contributed by atoms with Crippen LogP contribution in [0.5, 0.6) is 0 Å². The molecule has 0 radical (unpaired) electrons. The Kier molecular flexibility index (Phi) is 9.33. The third kappa shape index (κ3) is 5.88. The summed E-state index contributed by atoms with van der Waals surface area (Å²) < 4.78 is 33.4. The van der Waals surface area contributed by atoms with Crippen LogP contribution in [0.25, 0.3) is 0 Å². The normalized spacial score (nSPS) is 47.4. The van der Waals surface area contributed by atoms with E-state index in [1.807, 2.05) is 0 Å². The van der Waals surface area contributed by atoms with Crippen LogP contribution >= 0.6 is 0 Å². The van der Waals surface area contributed by atoms with Crippen molar-refractivity contribution >= 4 is 34.4 Å². The maximum atomic E-state index is 7.02. The van der Waals surface area contributed by atoms with E-state index >= 15 is 0 Å². The van der Waals surface area contributed by atoms with E-state index in [1.54, 1.807) is 0 Å². The van der Waals surface area contributed by atoms with Crippen LogP contribution < -0.4 is 0 Å². The van der Waals surface area contributed by atoms with Crippen LogP contribution in [0.1, 0.15) is 143 Å². The molecule has 4 aliphatic heterocycles. The average molecular weight is 712 g/mol. The van der Waals surface area contributed by atoms with Gasteiger partial charge in [-0.1, -0.05) is 0 Å². The number of hydrogen-bond donors (Lipinski definition) is 0. The zero-order valence-corrected chi connectivity index (χ0v) is 32.7. The molecule has 8 atom stereocenters. The van der Waals surface area contributed by atoms with Gasteiger partial charge in [-0.3, -0.25) is 0 Å². The van der Waals surface area contributed by atoms with Crippen LogP contribution in [0.3, 0.4) is 0 Å². The summed E-state index contributed by atoms with van der Waals surface area (Å²) in [6, 6.07) is 2.75. The van der Waals surface area contributed by atoms with E-state index < -0.39 is 34.4 Å². The first-order chi connectivity index (χ1) is 20.9. The van der Waals surface area contributed by atoms with Gasteiger partial charge in [0.1, 0.15) is 0 Å². The minimum absolute atomic E-state index is 0.416. The van der Waals surface area contributed by atoms with E-state index in [4.69, 9.17) is 14.1 Å². The van der Waals surface area contributed by atoms with Crippen molar-refractivity contribution in [2.24, 2.45) is 29.1 Å². The van der Waals surface area contributed by atoms with E-state index in [0.29, 0.717) is 54.0 Å². The van der Waals surface area contributed by atoms with Crippen LogP contribution in [-0.4, -0.2) is 90.2 Å². The molecule has 0 N–H and O–H groups in total. The van der Waals surface area contributed by atoms with Gasteiger partial charge in [0.15, 0.2) is 0 Å². The summed E-state index contributed by atoms with van der Waals surface area (Å²) in [6.45, 7) is 10.1. The summed E-state index contributed by atoms with van der Waals surface area (Å²) in [6.07, 6.45) is 26.0. The second-order valence-corrected chi connectivity index (χ2v) is 24.5. The fourth-order valence-electron chi connectivity index (χ4n) is 11.9. The Bertz CT molecular complexity index is 897. The zero-order chi connectivity index (χ0) is 29.3. The molecule has 0 amide bonds. The van der Waals surface area contributed by atoms with Gasteiger partial charge in [0, 0.05) is 0 Å². The van der Waals surface area contributed by atoms with E-state index in [-0.39, 0.29) is 0 Å². The maximum absolute atomic E-state index is 7.02. The van der Waals surface area contributed by atoms with Gasteiger partial charge in [0.25, 0.3) is 0 Å². The molecule has 0 bridgehead atoms. The third-order valence-corrected chi connectivity index (χ3v) is 25.3. The first kappa shape index (κ1) is 31.3. The van der Waals surface area contributed by atoms with Crippen molar-refractivity contribution in [1.82, 2.24) is 7.21 Å². The molecule has 0 aromatic heterocycles. The summed E-state index contributed by atoms with van der Waals surface area (Å²) in [5.74, 6) is 3.42. The van der Waals surface area contributed by atoms with Crippen LogP contribution in [0, 0.1) is 29.1 Å². The van der Waals surface area contributed by atoms with Crippen molar-refractivity contribution in [3.63, 3.8) is 0 Å². The monoisotopic (exact) mass is 710 g/mol. The number of rotatable bonds is 6. The second kappa shape index (κ2) is 12.8. The first-order valence-electron chi connectivity index (χ1n) is 19.0. The minimum atomic E-state index is -2.33. The van der Waals surface area contributed by atoms with Crippen molar-refractivity contribution in [3.05, 3.63) is 0 Å². The average Bonchev–Trinajstić information content (AvgIpc) is 3.58. The molecular formula is C35H60Ga2N2O4. The van der Waals surface area contributed by atoms with Crippen molar-refractivity contribution in [3.8, 4) is 0 Å². The van der Waals surface area contributed by atoms with Gasteiger partial charge in [-0.15, -0.1) is 0 Å². The topological polar surface area (TPSA) is 43.4 Å². The predicted octanol–water partition coefficient (Wildman–Crippen LogP) is 7.24. The first-order valence-corrected chi connectivity index (χ1v) is 25.2. The summed E-state index contributed by atoms with van der Waals surface area (Å²) in [7, 11) is 0. The molecule has 43 heavy (non-hydrogen) atoms.